The standard InChI is InChI=1S/C10H17N5/c1-14-5-2-6-15-10(14)9(12-13-15)8(11)7-3-4-7/h7-8H,2-6,11H2,1H3. The van der Waals surface area contributed by atoms with Gasteiger partial charge in [-0.25, -0.2) is 4.68 Å². The highest BCUT2D eigenvalue weighted by molar-refractivity contribution is 5.46. The molecule has 1 unspecified atom stereocenters. The van der Waals surface area contributed by atoms with E-state index < -0.39 is 0 Å². The van der Waals surface area contributed by atoms with Crippen LogP contribution in [-0.2, 0) is 6.54 Å². The van der Waals surface area contributed by atoms with Gasteiger partial charge in [0, 0.05) is 20.1 Å². The topological polar surface area (TPSA) is 60.0 Å². The van der Waals surface area contributed by atoms with E-state index in [4.69, 9.17) is 5.73 Å². The van der Waals surface area contributed by atoms with E-state index in [2.05, 4.69) is 22.3 Å². The third-order valence-electron chi connectivity index (χ3n) is 3.40. The predicted octanol–water partition coefficient (Wildman–Crippen LogP) is 0.528. The number of nitrogens with two attached hydrogens (primary N) is 1. The minimum atomic E-state index is 0.0919. The number of rotatable bonds is 2. The predicted molar refractivity (Wildman–Crippen MR) is 57.6 cm³/mol. The summed E-state index contributed by atoms with van der Waals surface area (Å²) < 4.78 is 1.99. The van der Waals surface area contributed by atoms with Crippen LogP contribution >= 0.6 is 0 Å². The van der Waals surface area contributed by atoms with Crippen LogP contribution in [0.1, 0.15) is 31.0 Å². The summed E-state index contributed by atoms with van der Waals surface area (Å²) in [5.41, 5.74) is 7.19. The maximum Gasteiger partial charge on any atom is 0.152 e. The van der Waals surface area contributed by atoms with Gasteiger partial charge in [-0.15, -0.1) is 5.10 Å². The van der Waals surface area contributed by atoms with Crippen LogP contribution in [0.5, 0.6) is 0 Å². The molecular formula is C10H17N5. The van der Waals surface area contributed by atoms with Crippen LogP contribution in [-0.4, -0.2) is 28.6 Å². The highest BCUT2D eigenvalue weighted by atomic mass is 15.5. The van der Waals surface area contributed by atoms with Crippen molar-refractivity contribution in [2.24, 2.45) is 11.7 Å². The maximum absolute atomic E-state index is 6.19. The molecule has 0 saturated heterocycles. The number of anilines is 1. The van der Waals surface area contributed by atoms with Gasteiger partial charge in [0.1, 0.15) is 5.69 Å². The SMILES string of the molecule is CN1CCCn2nnc(C(N)C3CC3)c21. The number of fused-ring (bicyclic) bond motifs is 1. The van der Waals surface area contributed by atoms with Gasteiger partial charge in [-0.3, -0.25) is 0 Å². The van der Waals surface area contributed by atoms with Crippen LogP contribution in [0.25, 0.3) is 0 Å². The fourth-order valence-corrected chi connectivity index (χ4v) is 2.32. The van der Waals surface area contributed by atoms with E-state index in [1.807, 2.05) is 4.68 Å². The highest BCUT2D eigenvalue weighted by Crippen LogP contribution is 2.41. The second kappa shape index (κ2) is 3.20. The summed E-state index contributed by atoms with van der Waals surface area (Å²) in [5, 5.41) is 8.44. The average molecular weight is 207 g/mol. The molecular weight excluding hydrogens is 190 g/mol. The monoisotopic (exact) mass is 207 g/mol. The van der Waals surface area contributed by atoms with Gasteiger partial charge in [-0.2, -0.15) is 0 Å². The molecule has 0 spiro atoms. The van der Waals surface area contributed by atoms with Crippen molar-refractivity contribution in [3.63, 3.8) is 0 Å². The van der Waals surface area contributed by atoms with Crippen molar-refractivity contribution in [2.45, 2.75) is 31.8 Å². The second-order valence-corrected chi connectivity index (χ2v) is 4.66. The van der Waals surface area contributed by atoms with E-state index in [-0.39, 0.29) is 6.04 Å². The normalized spacial score (nSPS) is 22.7. The fourth-order valence-electron chi connectivity index (χ4n) is 2.32. The quantitative estimate of drug-likeness (QED) is 0.768. The lowest BCUT2D eigenvalue weighted by Crippen LogP contribution is -2.30. The van der Waals surface area contributed by atoms with Gasteiger partial charge in [-0.05, 0) is 25.2 Å². The van der Waals surface area contributed by atoms with Crippen LogP contribution < -0.4 is 10.6 Å². The molecule has 2 aliphatic rings. The molecule has 0 amide bonds. The van der Waals surface area contributed by atoms with Crippen LogP contribution in [0.3, 0.4) is 0 Å². The van der Waals surface area contributed by atoms with Crippen molar-refractivity contribution < 1.29 is 0 Å². The van der Waals surface area contributed by atoms with E-state index in [1.165, 1.54) is 12.8 Å². The summed E-state index contributed by atoms with van der Waals surface area (Å²) in [5.74, 6) is 1.78. The van der Waals surface area contributed by atoms with Gasteiger partial charge in [0.05, 0.1) is 6.04 Å². The third-order valence-corrected chi connectivity index (χ3v) is 3.40. The van der Waals surface area contributed by atoms with E-state index >= 15 is 0 Å². The van der Waals surface area contributed by atoms with Gasteiger partial charge in [-0.1, -0.05) is 5.21 Å². The smallest absolute Gasteiger partial charge is 0.152 e. The van der Waals surface area contributed by atoms with E-state index in [0.717, 1.165) is 31.0 Å². The number of aromatic nitrogens is 3. The Balaban J connectivity index is 1.97. The van der Waals surface area contributed by atoms with E-state index in [1.54, 1.807) is 0 Å². The van der Waals surface area contributed by atoms with Crippen molar-refractivity contribution in [3.05, 3.63) is 5.69 Å². The first-order valence-electron chi connectivity index (χ1n) is 5.67. The van der Waals surface area contributed by atoms with Gasteiger partial charge in [0.25, 0.3) is 0 Å². The van der Waals surface area contributed by atoms with Crippen molar-refractivity contribution >= 4 is 5.82 Å². The second-order valence-electron chi connectivity index (χ2n) is 4.66. The first kappa shape index (κ1) is 9.15. The average Bonchev–Trinajstić information content (AvgIpc) is 2.98. The number of nitrogens with zero attached hydrogens (tertiary/aromatic N) is 4. The van der Waals surface area contributed by atoms with Gasteiger partial charge < -0.3 is 10.6 Å². The van der Waals surface area contributed by atoms with Crippen molar-refractivity contribution in [3.8, 4) is 0 Å². The van der Waals surface area contributed by atoms with Crippen LogP contribution in [0.15, 0.2) is 0 Å². The molecule has 1 atom stereocenters. The number of aryl methyl sites for hydroxylation is 1. The summed E-state index contributed by atoms with van der Waals surface area (Å²) in [7, 11) is 2.09. The Morgan fingerprint density at radius 2 is 2.20 bits per heavy atom. The molecule has 3 rings (SSSR count). The Bertz CT molecular complexity index is 368. The van der Waals surface area contributed by atoms with E-state index in [0.29, 0.717) is 5.92 Å². The first-order chi connectivity index (χ1) is 7.27. The van der Waals surface area contributed by atoms with E-state index in [9.17, 15) is 0 Å². The zero-order valence-corrected chi connectivity index (χ0v) is 9.06. The lowest BCUT2D eigenvalue weighted by molar-refractivity contribution is 0.519. The molecule has 1 aromatic heterocycles. The summed E-state index contributed by atoms with van der Waals surface area (Å²) >= 11 is 0. The Kier molecular flexibility index (Phi) is 1.95. The molecule has 0 bridgehead atoms. The molecule has 0 aromatic carbocycles. The highest BCUT2D eigenvalue weighted by Gasteiger charge is 2.35. The maximum atomic E-state index is 6.19. The number of hydrogen-bond acceptors (Lipinski definition) is 4. The molecule has 1 fully saturated rings. The molecule has 1 aliphatic heterocycles. The Hall–Kier alpha value is -1.10. The summed E-state index contributed by atoms with van der Waals surface area (Å²) in [4.78, 5) is 2.22. The lowest BCUT2D eigenvalue weighted by atomic mass is 10.1. The molecule has 1 saturated carbocycles. The van der Waals surface area contributed by atoms with Crippen LogP contribution in [0.4, 0.5) is 5.82 Å². The Labute approximate surface area is 89.2 Å². The van der Waals surface area contributed by atoms with Gasteiger partial charge in [0.2, 0.25) is 0 Å². The first-order valence-corrected chi connectivity index (χ1v) is 5.67. The van der Waals surface area contributed by atoms with Crippen LogP contribution in [0, 0.1) is 5.92 Å². The fraction of sp³-hybridized carbons (Fsp3) is 0.800. The zero-order chi connectivity index (χ0) is 10.4. The van der Waals surface area contributed by atoms with Crippen LogP contribution in [0.2, 0.25) is 0 Å². The Morgan fingerprint density at radius 3 is 2.93 bits per heavy atom. The molecule has 2 heterocycles. The minimum absolute atomic E-state index is 0.0919. The third kappa shape index (κ3) is 1.42. The Morgan fingerprint density at radius 1 is 1.40 bits per heavy atom. The van der Waals surface area contributed by atoms with Crippen molar-refractivity contribution in [1.29, 1.82) is 0 Å². The van der Waals surface area contributed by atoms with Crippen molar-refractivity contribution in [2.75, 3.05) is 18.5 Å². The summed E-state index contributed by atoms with van der Waals surface area (Å²) in [6.07, 6.45) is 3.64. The van der Waals surface area contributed by atoms with Gasteiger partial charge in [0.15, 0.2) is 5.82 Å². The van der Waals surface area contributed by atoms with Gasteiger partial charge >= 0.3 is 0 Å². The molecule has 1 aromatic rings. The molecule has 15 heavy (non-hydrogen) atoms. The zero-order valence-electron chi connectivity index (χ0n) is 9.06. The number of hydrogen-bond donors (Lipinski definition) is 1. The summed E-state index contributed by atoms with van der Waals surface area (Å²) in [6.45, 7) is 2.06. The molecule has 1 aliphatic carbocycles. The molecule has 2 N–H and O–H groups in total. The minimum Gasteiger partial charge on any atom is -0.358 e. The summed E-state index contributed by atoms with van der Waals surface area (Å²) in [6, 6.07) is 0.0919. The molecule has 5 nitrogen and oxygen atoms in total. The molecule has 0 radical (unpaired) electrons. The molecule has 82 valence electrons. The lowest BCUT2D eigenvalue weighted by Gasteiger charge is -2.26. The molecule has 5 heteroatoms. The van der Waals surface area contributed by atoms with Crippen molar-refractivity contribution in [1.82, 2.24) is 15.0 Å². The largest absolute Gasteiger partial charge is 0.358 e.